The summed E-state index contributed by atoms with van der Waals surface area (Å²) in [6, 6.07) is 24.4. The van der Waals surface area contributed by atoms with E-state index in [2.05, 4.69) is 66.8 Å². The molecule has 0 aliphatic carbocycles. The summed E-state index contributed by atoms with van der Waals surface area (Å²) < 4.78 is 55.2. The van der Waals surface area contributed by atoms with Gasteiger partial charge >= 0.3 is 0 Å². The molecule has 6 aliphatic rings. The minimum Gasteiger partial charge on any atom is -0.494 e. The normalized spacial score (nSPS) is 25.7. The lowest BCUT2D eigenvalue weighted by Gasteiger charge is -2.42. The van der Waals surface area contributed by atoms with Crippen molar-refractivity contribution in [3.05, 3.63) is 140 Å². The van der Waals surface area contributed by atoms with Crippen LogP contribution in [0.15, 0.2) is 107 Å². The van der Waals surface area contributed by atoms with Crippen LogP contribution in [-0.4, -0.2) is 119 Å². The Balaban J connectivity index is 0.698. The number of hydrogen-bond donors (Lipinski definition) is 6. The van der Waals surface area contributed by atoms with Crippen molar-refractivity contribution in [2.45, 2.75) is 138 Å². The van der Waals surface area contributed by atoms with Gasteiger partial charge < -0.3 is 44.9 Å². The van der Waals surface area contributed by atoms with Gasteiger partial charge in [0.25, 0.3) is 10.1 Å². The van der Waals surface area contributed by atoms with Gasteiger partial charge in [0, 0.05) is 64.1 Å². The quantitative estimate of drug-likeness (QED) is 0.0409. The second-order valence-corrected chi connectivity index (χ2v) is 23.0. The van der Waals surface area contributed by atoms with Crippen LogP contribution in [0.4, 0.5) is 11.4 Å². The summed E-state index contributed by atoms with van der Waals surface area (Å²) in [5.74, 6) is 0.760. The molecule has 16 heteroatoms. The summed E-state index contributed by atoms with van der Waals surface area (Å²) in [7, 11) is -4.36. The number of benzene rings is 4. The first-order chi connectivity index (χ1) is 34.3. The Morgan fingerprint density at radius 1 is 0.847 bits per heavy atom. The van der Waals surface area contributed by atoms with Crippen LogP contribution in [-0.2, 0) is 48.1 Å². The number of aliphatic hydroxyl groups is 4. The van der Waals surface area contributed by atoms with Crippen molar-refractivity contribution >= 4 is 44.7 Å². The van der Waals surface area contributed by atoms with Gasteiger partial charge in [-0.2, -0.15) is 13.0 Å². The molecular formula is C56H65ClN3O11S+. The van der Waals surface area contributed by atoms with E-state index in [1.165, 1.54) is 22.9 Å². The Morgan fingerprint density at radius 3 is 2.38 bits per heavy atom. The second-order valence-electron chi connectivity index (χ2n) is 21.2. The van der Waals surface area contributed by atoms with Crippen molar-refractivity contribution < 1.29 is 57.0 Å². The third-order valence-electron chi connectivity index (χ3n) is 15.7. The molecule has 0 saturated carbocycles. The Kier molecular flexibility index (Phi) is 13.9. The maximum absolute atomic E-state index is 13.2. The molecule has 4 aromatic carbocycles. The zero-order valence-corrected chi connectivity index (χ0v) is 42.8. The number of nitrogens with zero attached hydrogens (tertiary/aromatic N) is 2. The van der Waals surface area contributed by atoms with Crippen LogP contribution < -0.4 is 15.0 Å². The van der Waals surface area contributed by atoms with Crippen LogP contribution in [0.2, 0.25) is 5.02 Å². The lowest BCUT2D eigenvalue weighted by atomic mass is 9.74. The number of halogens is 1. The first-order valence-electron chi connectivity index (χ1n) is 25.2. The van der Waals surface area contributed by atoms with Crippen LogP contribution in [0.1, 0.15) is 106 Å². The molecule has 6 heterocycles. The van der Waals surface area contributed by atoms with Gasteiger partial charge in [-0.25, -0.2) is 0 Å². The molecule has 14 nitrogen and oxygen atoms in total. The fraction of sp³-hybridized carbons (Fsp3) is 0.464. The number of ether oxygens (including phenoxy) is 3. The largest absolute Gasteiger partial charge is 0.494 e. The number of hydrogen-bond acceptors (Lipinski definition) is 11. The monoisotopic (exact) mass is 1020 g/mol. The summed E-state index contributed by atoms with van der Waals surface area (Å²) in [6.07, 6.45) is 2.20. The van der Waals surface area contributed by atoms with Crippen LogP contribution in [0.25, 0.3) is 0 Å². The van der Waals surface area contributed by atoms with E-state index < -0.39 is 52.7 Å². The molecule has 0 aromatic heterocycles. The molecule has 10 rings (SSSR count). The number of nitrogens with one attached hydrogen (secondary N) is 1. The SMILES string of the molecule is CC1(C)C2=C3C=C4C5=[N+](CCC4OC3CCN2c2ccc(CC(=O)NCCCCCCOc3ccc(Cc4cc([C@@H]6O[C@H](CO)[C@@H](O)[C@H](O)[C@H]6O)ccc4Cl)cc3)cc21)c1ccc(S(=O)(=O)O)cc1C5(C)C. The van der Waals surface area contributed by atoms with Gasteiger partial charge in [0.2, 0.25) is 11.6 Å². The van der Waals surface area contributed by atoms with Crippen LogP contribution in [0, 0.1) is 0 Å². The van der Waals surface area contributed by atoms with Crippen molar-refractivity contribution in [1.29, 1.82) is 0 Å². The van der Waals surface area contributed by atoms with Crippen molar-refractivity contribution in [3.63, 3.8) is 0 Å². The predicted molar refractivity (Wildman–Crippen MR) is 273 cm³/mol. The van der Waals surface area contributed by atoms with Gasteiger partial charge in [-0.05, 0) is 110 Å². The molecule has 6 N–H and O–H groups in total. The number of carbonyl (C=O) groups is 1. The number of unbranched alkanes of at least 4 members (excludes halogenated alkanes) is 3. The van der Waals surface area contributed by atoms with E-state index in [-0.39, 0.29) is 28.4 Å². The lowest BCUT2D eigenvalue weighted by Crippen LogP contribution is -2.55. The first kappa shape index (κ1) is 50.6. The van der Waals surface area contributed by atoms with E-state index >= 15 is 0 Å². The van der Waals surface area contributed by atoms with Gasteiger partial charge in [0.05, 0.1) is 42.2 Å². The minimum absolute atomic E-state index is 0.000317. The molecule has 1 saturated heterocycles. The highest BCUT2D eigenvalue weighted by atomic mass is 35.5. The number of aliphatic hydroxyl groups excluding tert-OH is 4. The summed E-state index contributed by atoms with van der Waals surface area (Å²) in [5.41, 5.74) is 11.3. The fourth-order valence-electron chi connectivity index (χ4n) is 12.0. The summed E-state index contributed by atoms with van der Waals surface area (Å²) in [4.78, 5) is 15.6. The number of rotatable bonds is 15. The molecule has 1 amide bonds. The van der Waals surface area contributed by atoms with E-state index in [1.54, 1.807) is 18.2 Å². The minimum atomic E-state index is -4.36. The zero-order valence-electron chi connectivity index (χ0n) is 41.2. The molecule has 0 bridgehead atoms. The Morgan fingerprint density at radius 2 is 1.61 bits per heavy atom. The van der Waals surface area contributed by atoms with Gasteiger partial charge in [-0.1, -0.05) is 74.7 Å². The number of fused-ring (bicyclic) bond motifs is 8. The molecule has 7 atom stereocenters. The van der Waals surface area contributed by atoms with Crippen LogP contribution >= 0.6 is 11.6 Å². The number of amides is 1. The Hall–Kier alpha value is -4.94. The molecule has 0 spiro atoms. The number of anilines is 1. The fourth-order valence-corrected chi connectivity index (χ4v) is 12.7. The van der Waals surface area contributed by atoms with Crippen molar-refractivity contribution in [1.82, 2.24) is 5.32 Å². The average Bonchev–Trinajstić information content (AvgIpc) is 3.73. The average molecular weight is 1020 g/mol. The Labute approximate surface area is 426 Å². The van der Waals surface area contributed by atoms with Crippen molar-refractivity contribution in [2.24, 2.45) is 0 Å². The summed E-state index contributed by atoms with van der Waals surface area (Å²) >= 11 is 6.55. The topological polar surface area (TPSA) is 198 Å². The van der Waals surface area contributed by atoms with Gasteiger partial charge in [-0.3, -0.25) is 9.35 Å². The standard InChI is InChI=1S/C56H64ClN3O11S/c1-55(2)40-26-33(11-17-43(40)59-22-19-45-38(53(55)59)30-39-46(70-45)20-23-60-44-18-15-37(72(66,67)68)29-41(44)56(3,4)54(39)60)27-48(62)58-21-7-5-6-8-24-69-36-13-9-32(10-14-36)25-35-28-34(12-16-42(35)57)52-51(65)50(64)49(63)47(31-61)71-52/h9-18,26,28-30,45-47,49-52,61,63-65H,5-8,19-25,27,31H2,1-4H3,(H-,58,62,66,67,68)/p+1/t45?,46?,47-,49-,50+,51-,52+/m1/s1. The van der Waals surface area contributed by atoms with Gasteiger partial charge in [-0.15, -0.1) is 0 Å². The third kappa shape index (κ3) is 9.34. The number of allylic oxidation sites excluding steroid dienone is 1. The van der Waals surface area contributed by atoms with E-state index in [1.807, 2.05) is 36.4 Å². The highest BCUT2D eigenvalue weighted by Gasteiger charge is 2.55. The van der Waals surface area contributed by atoms with Gasteiger partial charge in [0.15, 0.2) is 12.3 Å². The van der Waals surface area contributed by atoms with E-state index in [0.29, 0.717) is 36.6 Å². The maximum Gasteiger partial charge on any atom is 0.294 e. The summed E-state index contributed by atoms with van der Waals surface area (Å²) in [6.45, 7) is 11.0. The van der Waals surface area contributed by atoms with E-state index in [9.17, 15) is 38.2 Å². The van der Waals surface area contributed by atoms with Crippen molar-refractivity contribution in [2.75, 3.05) is 37.7 Å². The van der Waals surface area contributed by atoms with E-state index in [0.717, 1.165) is 102 Å². The zero-order chi connectivity index (χ0) is 50.9. The van der Waals surface area contributed by atoms with E-state index in [4.69, 9.17) is 25.8 Å². The van der Waals surface area contributed by atoms with Crippen LogP contribution in [0.3, 0.4) is 0 Å². The molecule has 6 aliphatic heterocycles. The molecule has 2 unspecified atom stereocenters. The van der Waals surface area contributed by atoms with Crippen molar-refractivity contribution in [3.8, 4) is 5.75 Å². The molecular weight excluding hydrogens is 958 g/mol. The molecule has 382 valence electrons. The predicted octanol–water partition coefficient (Wildman–Crippen LogP) is 6.92. The highest BCUT2D eigenvalue weighted by molar-refractivity contribution is 7.85. The second kappa shape index (κ2) is 19.7. The highest BCUT2D eigenvalue weighted by Crippen LogP contribution is 2.54. The molecule has 72 heavy (non-hydrogen) atoms. The lowest BCUT2D eigenvalue weighted by molar-refractivity contribution is -0.445. The molecule has 1 fully saturated rings. The van der Waals surface area contributed by atoms with Crippen LogP contribution in [0.5, 0.6) is 5.75 Å². The number of carbonyl (C=O) groups excluding carboxylic acids is 1. The molecule has 4 aromatic rings. The molecule has 0 radical (unpaired) electrons. The third-order valence-corrected chi connectivity index (χ3v) is 16.9. The Bertz CT molecular complexity index is 2980. The summed E-state index contributed by atoms with van der Waals surface area (Å²) in [5, 5.41) is 44.4. The van der Waals surface area contributed by atoms with Gasteiger partial charge in [0.1, 0.15) is 36.3 Å². The smallest absolute Gasteiger partial charge is 0.294 e. The maximum atomic E-state index is 13.2. The first-order valence-corrected chi connectivity index (χ1v) is 27.0.